The zero-order valence-electron chi connectivity index (χ0n) is 17.7. The monoisotopic (exact) mass is 418 g/mol. The number of fused-ring (bicyclic) bond motifs is 3. The minimum absolute atomic E-state index is 0.163. The summed E-state index contributed by atoms with van der Waals surface area (Å²) in [4.78, 5) is 28.3. The van der Waals surface area contributed by atoms with Gasteiger partial charge >= 0.3 is 11.9 Å². The van der Waals surface area contributed by atoms with Crippen molar-refractivity contribution in [3.63, 3.8) is 0 Å². The number of hydrogen-bond acceptors (Lipinski definition) is 5. The van der Waals surface area contributed by atoms with Crippen LogP contribution in [0, 0.1) is 5.41 Å². The first-order valence-corrected chi connectivity index (χ1v) is 10.7. The van der Waals surface area contributed by atoms with Crippen LogP contribution in [0.25, 0.3) is 10.9 Å². The van der Waals surface area contributed by atoms with Crippen LogP contribution in [0.5, 0.6) is 0 Å². The van der Waals surface area contributed by atoms with E-state index < -0.39 is 6.04 Å². The van der Waals surface area contributed by atoms with Crippen molar-refractivity contribution in [2.45, 2.75) is 38.3 Å². The van der Waals surface area contributed by atoms with Crippen molar-refractivity contribution in [2.75, 3.05) is 13.7 Å². The molecule has 5 rings (SSSR count). The Labute approximate surface area is 180 Å². The number of hydrogen-bond donors (Lipinski definition) is 2. The number of carbonyl (C=O) groups excluding carboxylic acids is 2. The van der Waals surface area contributed by atoms with Crippen LogP contribution in [0.2, 0.25) is 0 Å². The summed E-state index contributed by atoms with van der Waals surface area (Å²) < 4.78 is 10.5. The quantitative estimate of drug-likeness (QED) is 0.614. The second-order valence-corrected chi connectivity index (χ2v) is 8.95. The smallest absolute Gasteiger partial charge is 0.338 e. The van der Waals surface area contributed by atoms with Gasteiger partial charge in [0.1, 0.15) is 6.04 Å². The number of benzene rings is 2. The van der Waals surface area contributed by atoms with Gasteiger partial charge in [0.05, 0.1) is 25.3 Å². The number of ether oxygens (including phenoxy) is 2. The second kappa shape index (κ2) is 7.54. The van der Waals surface area contributed by atoms with Gasteiger partial charge in [-0.05, 0) is 42.2 Å². The van der Waals surface area contributed by atoms with Crippen molar-refractivity contribution in [1.82, 2.24) is 10.3 Å². The van der Waals surface area contributed by atoms with Gasteiger partial charge in [-0.15, -0.1) is 0 Å². The van der Waals surface area contributed by atoms with Crippen molar-refractivity contribution in [2.24, 2.45) is 5.41 Å². The number of carbonyl (C=O) groups is 2. The molecule has 1 saturated carbocycles. The van der Waals surface area contributed by atoms with Crippen LogP contribution in [0.15, 0.2) is 48.5 Å². The van der Waals surface area contributed by atoms with Crippen molar-refractivity contribution in [1.29, 1.82) is 0 Å². The summed E-state index contributed by atoms with van der Waals surface area (Å²) in [6.45, 7) is 2.60. The molecule has 31 heavy (non-hydrogen) atoms. The number of rotatable bonds is 5. The second-order valence-electron chi connectivity index (χ2n) is 8.95. The molecule has 2 N–H and O–H groups in total. The van der Waals surface area contributed by atoms with E-state index in [0.717, 1.165) is 40.6 Å². The summed E-state index contributed by atoms with van der Waals surface area (Å²) in [5.41, 5.74) is 4.86. The fraction of sp³-hybridized carbons (Fsp3) is 0.360. The first-order valence-electron chi connectivity index (χ1n) is 10.7. The first kappa shape index (κ1) is 19.8. The van der Waals surface area contributed by atoms with Gasteiger partial charge in [0, 0.05) is 28.4 Å². The molecule has 0 saturated heterocycles. The predicted molar refractivity (Wildman–Crippen MR) is 117 cm³/mol. The van der Waals surface area contributed by atoms with Crippen molar-refractivity contribution >= 4 is 22.8 Å². The Kier molecular flexibility index (Phi) is 4.82. The molecule has 1 aromatic heterocycles. The number of esters is 2. The summed E-state index contributed by atoms with van der Waals surface area (Å²) >= 11 is 0. The lowest BCUT2D eigenvalue weighted by molar-refractivity contribution is -0.143. The van der Waals surface area contributed by atoms with Gasteiger partial charge < -0.3 is 14.5 Å². The van der Waals surface area contributed by atoms with Crippen molar-refractivity contribution < 1.29 is 19.1 Å². The van der Waals surface area contributed by atoms with Crippen LogP contribution in [-0.4, -0.2) is 36.7 Å². The van der Waals surface area contributed by atoms with Crippen LogP contribution in [0.4, 0.5) is 0 Å². The molecule has 6 heteroatoms. The Morgan fingerprint density at radius 3 is 2.55 bits per heavy atom. The first-order chi connectivity index (χ1) is 15.0. The van der Waals surface area contributed by atoms with Gasteiger partial charge in [0.25, 0.3) is 0 Å². The van der Waals surface area contributed by atoms with Crippen LogP contribution in [-0.2, 0) is 20.7 Å². The highest BCUT2D eigenvalue weighted by atomic mass is 16.5. The lowest BCUT2D eigenvalue weighted by Crippen LogP contribution is -2.45. The molecule has 2 aromatic carbocycles. The Morgan fingerprint density at radius 1 is 1.10 bits per heavy atom. The normalized spacial score (nSPS) is 21.4. The number of methoxy groups -OCH3 is 1. The molecule has 0 amide bonds. The molecule has 160 valence electrons. The van der Waals surface area contributed by atoms with Gasteiger partial charge in [-0.25, -0.2) is 4.79 Å². The number of H-pyrrole nitrogens is 1. The van der Waals surface area contributed by atoms with Gasteiger partial charge in [-0.3, -0.25) is 10.1 Å². The average Bonchev–Trinajstić information content (AvgIpc) is 3.43. The molecular formula is C25H26N2O4. The van der Waals surface area contributed by atoms with Crippen LogP contribution >= 0.6 is 0 Å². The number of aromatic nitrogens is 1. The molecule has 0 spiro atoms. The number of aromatic amines is 1. The van der Waals surface area contributed by atoms with Gasteiger partial charge in [0.2, 0.25) is 0 Å². The number of para-hydroxylation sites is 1. The van der Waals surface area contributed by atoms with E-state index in [2.05, 4.69) is 23.3 Å². The summed E-state index contributed by atoms with van der Waals surface area (Å²) in [5.74, 6) is -0.579. The largest absolute Gasteiger partial charge is 0.468 e. The standard InChI is InChI=1S/C25H26N2O4/c1-25(11-12-25)14-31-23(28)16-9-7-15(8-10-16)21-22-18(13-20(27-21)24(29)30-2)17-5-3-4-6-19(17)26-22/h3-10,20-21,26-27H,11-14H2,1-2H3/t20-,21+/m1/s1. The topological polar surface area (TPSA) is 80.4 Å². The highest BCUT2D eigenvalue weighted by molar-refractivity contribution is 5.90. The molecule has 1 aliphatic carbocycles. The molecule has 6 nitrogen and oxygen atoms in total. The molecule has 0 radical (unpaired) electrons. The van der Waals surface area contributed by atoms with Crippen LogP contribution in [0.1, 0.15) is 53.0 Å². The minimum Gasteiger partial charge on any atom is -0.468 e. The third-order valence-electron chi connectivity index (χ3n) is 6.53. The highest BCUT2D eigenvalue weighted by Gasteiger charge is 2.39. The predicted octanol–water partition coefficient (Wildman–Crippen LogP) is 3.90. The molecule has 0 bridgehead atoms. The molecule has 0 unspecified atom stereocenters. The van der Waals surface area contributed by atoms with E-state index in [1.807, 2.05) is 30.3 Å². The average molecular weight is 418 g/mol. The third-order valence-corrected chi connectivity index (χ3v) is 6.53. The minimum atomic E-state index is -0.439. The Morgan fingerprint density at radius 2 is 1.84 bits per heavy atom. The zero-order valence-corrected chi connectivity index (χ0v) is 17.7. The summed E-state index contributed by atoms with van der Waals surface area (Å²) in [7, 11) is 1.41. The van der Waals surface area contributed by atoms with E-state index in [1.54, 1.807) is 12.1 Å². The Bertz CT molecular complexity index is 1140. The van der Waals surface area contributed by atoms with Gasteiger partial charge in [-0.1, -0.05) is 37.3 Å². The zero-order chi connectivity index (χ0) is 21.6. The van der Waals surface area contributed by atoms with E-state index in [0.29, 0.717) is 18.6 Å². The van der Waals surface area contributed by atoms with E-state index >= 15 is 0 Å². The fourth-order valence-electron chi connectivity index (χ4n) is 4.28. The van der Waals surface area contributed by atoms with E-state index in [-0.39, 0.29) is 23.4 Å². The molecule has 1 aliphatic heterocycles. The molecule has 2 aliphatic rings. The molecule has 1 fully saturated rings. The van der Waals surface area contributed by atoms with Crippen LogP contribution < -0.4 is 5.32 Å². The van der Waals surface area contributed by atoms with Gasteiger partial charge in [-0.2, -0.15) is 0 Å². The maximum absolute atomic E-state index is 12.4. The van der Waals surface area contributed by atoms with E-state index in [9.17, 15) is 9.59 Å². The highest BCUT2D eigenvalue weighted by Crippen LogP contribution is 2.45. The fourth-order valence-corrected chi connectivity index (χ4v) is 4.28. The molecule has 2 atom stereocenters. The van der Waals surface area contributed by atoms with Crippen molar-refractivity contribution in [3.8, 4) is 0 Å². The Hall–Kier alpha value is -3.12. The Balaban J connectivity index is 1.44. The van der Waals surface area contributed by atoms with Crippen LogP contribution in [0.3, 0.4) is 0 Å². The van der Waals surface area contributed by atoms with E-state index in [4.69, 9.17) is 9.47 Å². The lowest BCUT2D eigenvalue weighted by atomic mass is 9.90. The summed E-state index contributed by atoms with van der Waals surface area (Å²) in [5, 5.41) is 4.53. The SMILES string of the molecule is COC(=O)[C@H]1Cc2c([nH]c3ccccc23)[C@H](c2ccc(C(=O)OCC3(C)CC3)cc2)N1. The number of nitrogens with one attached hydrogen (secondary N) is 2. The molecule has 2 heterocycles. The van der Waals surface area contributed by atoms with E-state index in [1.165, 1.54) is 7.11 Å². The van der Waals surface area contributed by atoms with Gasteiger partial charge in [0.15, 0.2) is 0 Å². The summed E-state index contributed by atoms with van der Waals surface area (Å²) in [6, 6.07) is 14.9. The molecular weight excluding hydrogens is 392 g/mol. The summed E-state index contributed by atoms with van der Waals surface area (Å²) in [6.07, 6.45) is 2.78. The van der Waals surface area contributed by atoms with Crippen molar-refractivity contribution in [3.05, 3.63) is 70.9 Å². The molecule has 3 aromatic rings. The lowest BCUT2D eigenvalue weighted by Gasteiger charge is -2.30. The maximum atomic E-state index is 12.4. The maximum Gasteiger partial charge on any atom is 0.338 e. The third kappa shape index (κ3) is 3.72.